The van der Waals surface area contributed by atoms with Crippen molar-refractivity contribution in [1.29, 1.82) is 0 Å². The molecule has 1 saturated heterocycles. The number of thioether (sulfide) groups is 1. The molecule has 7 nitrogen and oxygen atoms in total. The van der Waals surface area contributed by atoms with Crippen LogP contribution in [0.1, 0.15) is 64.3 Å². The molecule has 2 aliphatic heterocycles. The summed E-state index contributed by atoms with van der Waals surface area (Å²) in [6.45, 7) is 9.15. The number of nitrogens with zero attached hydrogens (tertiary/aromatic N) is 1. The highest BCUT2D eigenvalue weighted by atomic mass is 32.2. The van der Waals surface area contributed by atoms with E-state index < -0.39 is 0 Å². The standard InChI is InChI=1S/C14H14FNO2S.C11H16N2O2S/c15-10-1-2-13-11(7-10)12(18)8-14(19-13)3-5-16(9-17)6-4-14;1-5-12-11(15)13-10-7(3)6(2)9(16-10)8(4)14/h1-2,7,9H,3-6,8H2;5H2,1-4H3,(H2,12,13,15). The van der Waals surface area contributed by atoms with Crippen LogP contribution in [0.3, 0.4) is 0 Å². The average molecular weight is 520 g/mol. The van der Waals surface area contributed by atoms with Crippen LogP contribution in [0.4, 0.5) is 14.2 Å². The highest BCUT2D eigenvalue weighted by Crippen LogP contribution is 2.48. The molecule has 3 heterocycles. The lowest BCUT2D eigenvalue weighted by Gasteiger charge is -2.42. The molecule has 2 aromatic rings. The highest BCUT2D eigenvalue weighted by Gasteiger charge is 2.41. The number of rotatable bonds is 4. The van der Waals surface area contributed by atoms with Gasteiger partial charge in [-0.05, 0) is 69.9 Å². The molecule has 0 radical (unpaired) electrons. The Morgan fingerprint density at radius 3 is 2.46 bits per heavy atom. The number of amides is 3. The molecule has 35 heavy (non-hydrogen) atoms. The quantitative estimate of drug-likeness (QED) is 0.427. The number of piperidine rings is 1. The van der Waals surface area contributed by atoms with E-state index in [0.717, 1.165) is 40.3 Å². The first kappa shape index (κ1) is 26.9. The molecule has 1 fully saturated rings. The number of carbonyl (C=O) groups is 4. The van der Waals surface area contributed by atoms with E-state index in [1.807, 2.05) is 20.8 Å². The lowest BCUT2D eigenvalue weighted by Crippen LogP contribution is -2.44. The lowest BCUT2D eigenvalue weighted by molar-refractivity contribution is -0.119. The number of nitrogens with one attached hydrogen (secondary N) is 2. The van der Waals surface area contributed by atoms with Crippen molar-refractivity contribution >= 4 is 52.1 Å². The van der Waals surface area contributed by atoms with Gasteiger partial charge in [-0.25, -0.2) is 9.18 Å². The smallest absolute Gasteiger partial charge is 0.319 e. The fraction of sp³-hybridized carbons (Fsp3) is 0.440. The van der Waals surface area contributed by atoms with E-state index in [0.29, 0.717) is 36.5 Å². The maximum atomic E-state index is 13.2. The van der Waals surface area contributed by atoms with Crippen LogP contribution in [0.2, 0.25) is 0 Å². The number of thiophene rings is 1. The molecule has 0 atom stereocenters. The van der Waals surface area contributed by atoms with Crippen molar-refractivity contribution in [1.82, 2.24) is 10.2 Å². The maximum Gasteiger partial charge on any atom is 0.319 e. The van der Waals surface area contributed by atoms with Gasteiger partial charge in [-0.15, -0.1) is 23.1 Å². The minimum Gasteiger partial charge on any atom is -0.345 e. The van der Waals surface area contributed by atoms with Gasteiger partial charge < -0.3 is 10.2 Å². The summed E-state index contributed by atoms with van der Waals surface area (Å²) < 4.78 is 13.1. The SMILES string of the molecule is CCNC(=O)Nc1sc(C(C)=O)c(C)c1C.O=CN1CCC2(CC1)CC(=O)c1cc(F)ccc1S2. The van der Waals surface area contributed by atoms with E-state index >= 15 is 0 Å². The molecule has 0 bridgehead atoms. The van der Waals surface area contributed by atoms with Gasteiger partial charge in [0.1, 0.15) is 10.8 Å². The summed E-state index contributed by atoms with van der Waals surface area (Å²) >= 11 is 3.00. The first-order valence-corrected chi connectivity index (χ1v) is 13.1. The summed E-state index contributed by atoms with van der Waals surface area (Å²) in [5.74, 6) is -0.304. The largest absolute Gasteiger partial charge is 0.345 e. The zero-order chi connectivity index (χ0) is 25.8. The zero-order valence-electron chi connectivity index (χ0n) is 20.3. The third-order valence-corrected chi connectivity index (χ3v) is 9.21. The van der Waals surface area contributed by atoms with Crippen LogP contribution in [-0.2, 0) is 4.79 Å². The van der Waals surface area contributed by atoms with Crippen LogP contribution < -0.4 is 10.6 Å². The summed E-state index contributed by atoms with van der Waals surface area (Å²) in [7, 11) is 0. The monoisotopic (exact) mass is 519 g/mol. The van der Waals surface area contributed by atoms with Crippen molar-refractivity contribution in [2.45, 2.75) is 56.6 Å². The van der Waals surface area contributed by atoms with Crippen molar-refractivity contribution in [3.05, 3.63) is 45.6 Å². The number of hydrogen-bond donors (Lipinski definition) is 2. The van der Waals surface area contributed by atoms with Crippen molar-refractivity contribution < 1.29 is 23.6 Å². The molecular formula is C25H30FN3O4S2. The Bertz CT molecular complexity index is 1140. The normalized spacial score (nSPS) is 16.1. The molecule has 0 aliphatic carbocycles. The predicted octanol–water partition coefficient (Wildman–Crippen LogP) is 5.20. The van der Waals surface area contributed by atoms with E-state index in [9.17, 15) is 23.6 Å². The second kappa shape index (κ2) is 11.3. The number of hydrogen-bond acceptors (Lipinski definition) is 6. The average Bonchev–Trinajstić information content (AvgIpc) is 3.09. The van der Waals surface area contributed by atoms with E-state index in [4.69, 9.17) is 0 Å². The van der Waals surface area contributed by atoms with Crippen molar-refractivity contribution in [3.8, 4) is 0 Å². The van der Waals surface area contributed by atoms with Gasteiger partial charge in [-0.1, -0.05) is 0 Å². The lowest BCUT2D eigenvalue weighted by atomic mass is 9.88. The molecule has 1 spiro atoms. The Morgan fingerprint density at radius 2 is 1.89 bits per heavy atom. The molecule has 1 aromatic carbocycles. The molecule has 1 aromatic heterocycles. The summed E-state index contributed by atoms with van der Waals surface area (Å²) in [5, 5.41) is 6.14. The number of benzene rings is 1. The van der Waals surface area contributed by atoms with Gasteiger partial charge >= 0.3 is 6.03 Å². The second-order valence-electron chi connectivity index (χ2n) is 8.72. The van der Waals surface area contributed by atoms with Gasteiger partial charge in [0.15, 0.2) is 11.6 Å². The Labute approximate surface area is 212 Å². The minimum atomic E-state index is -0.362. The van der Waals surface area contributed by atoms with Crippen LogP contribution in [0, 0.1) is 19.7 Å². The number of anilines is 1. The van der Waals surface area contributed by atoms with Gasteiger partial charge in [0.2, 0.25) is 6.41 Å². The van der Waals surface area contributed by atoms with Crippen LogP contribution in [0.5, 0.6) is 0 Å². The van der Waals surface area contributed by atoms with Gasteiger partial charge in [0, 0.05) is 41.3 Å². The third-order valence-electron chi connectivity index (χ3n) is 6.24. The molecule has 3 amide bonds. The maximum absolute atomic E-state index is 13.2. The molecule has 188 valence electrons. The van der Waals surface area contributed by atoms with Crippen LogP contribution in [0.25, 0.3) is 0 Å². The summed E-state index contributed by atoms with van der Waals surface area (Å²) in [4.78, 5) is 49.0. The van der Waals surface area contributed by atoms with Crippen molar-refractivity contribution in [3.63, 3.8) is 0 Å². The van der Waals surface area contributed by atoms with E-state index in [1.54, 1.807) is 22.7 Å². The Hall–Kier alpha value is -2.72. The summed E-state index contributed by atoms with van der Waals surface area (Å²) in [6, 6.07) is 4.19. The van der Waals surface area contributed by atoms with Crippen molar-refractivity contribution in [2.24, 2.45) is 0 Å². The van der Waals surface area contributed by atoms with Gasteiger partial charge in [-0.3, -0.25) is 19.7 Å². The molecule has 4 rings (SSSR count). The Balaban J connectivity index is 0.000000199. The van der Waals surface area contributed by atoms with Crippen LogP contribution >= 0.6 is 23.1 Å². The number of urea groups is 1. The van der Waals surface area contributed by atoms with E-state index in [1.165, 1.54) is 30.4 Å². The van der Waals surface area contributed by atoms with Gasteiger partial charge in [0.05, 0.1) is 4.88 Å². The molecule has 2 aliphatic rings. The fourth-order valence-corrected chi connectivity index (χ4v) is 6.72. The molecule has 0 unspecified atom stereocenters. The number of carbonyl (C=O) groups excluding carboxylic acids is 4. The number of fused-ring (bicyclic) bond motifs is 1. The topological polar surface area (TPSA) is 95.6 Å². The fourth-order valence-electron chi connectivity index (χ4n) is 4.14. The van der Waals surface area contributed by atoms with Crippen LogP contribution in [0.15, 0.2) is 23.1 Å². The van der Waals surface area contributed by atoms with E-state index in [-0.39, 0.29) is 28.2 Å². The Kier molecular flexibility index (Phi) is 8.71. The predicted molar refractivity (Wildman–Crippen MR) is 137 cm³/mol. The first-order chi connectivity index (χ1) is 16.6. The highest BCUT2D eigenvalue weighted by molar-refractivity contribution is 8.01. The van der Waals surface area contributed by atoms with Gasteiger partial charge in [-0.2, -0.15) is 0 Å². The Morgan fingerprint density at radius 1 is 1.20 bits per heavy atom. The first-order valence-electron chi connectivity index (χ1n) is 11.5. The number of Topliss-reactive ketones (excluding diaryl/α,β-unsaturated/α-hetero) is 2. The minimum absolute atomic E-state index is 0.0211. The van der Waals surface area contributed by atoms with Crippen molar-refractivity contribution in [2.75, 3.05) is 25.0 Å². The summed E-state index contributed by atoms with van der Waals surface area (Å²) in [5.41, 5.74) is 2.42. The number of ketones is 2. The molecular weight excluding hydrogens is 489 g/mol. The number of halogens is 1. The zero-order valence-corrected chi connectivity index (χ0v) is 22.0. The molecule has 0 saturated carbocycles. The molecule has 2 N–H and O–H groups in total. The van der Waals surface area contributed by atoms with E-state index in [2.05, 4.69) is 10.6 Å². The summed E-state index contributed by atoms with van der Waals surface area (Å²) in [6.07, 6.45) is 2.95. The van der Waals surface area contributed by atoms with Gasteiger partial charge in [0.25, 0.3) is 0 Å². The second-order valence-corrected chi connectivity index (χ2v) is 11.2. The third kappa shape index (κ3) is 6.29. The van der Waals surface area contributed by atoms with Crippen LogP contribution in [-0.4, -0.2) is 53.3 Å². The molecule has 10 heteroatoms. The number of likely N-dealkylation sites (tertiary alicyclic amines) is 1.